The normalized spacial score (nSPS) is 12.6. The summed E-state index contributed by atoms with van der Waals surface area (Å²) in [6, 6.07) is 21.3. The lowest BCUT2D eigenvalue weighted by molar-refractivity contribution is 0.0949. The second-order valence-corrected chi connectivity index (χ2v) is 7.59. The molecule has 0 aromatic heterocycles. The third kappa shape index (κ3) is 4.06. The minimum absolute atomic E-state index is 0.0182. The van der Waals surface area contributed by atoms with Crippen LogP contribution in [0.15, 0.2) is 66.7 Å². The molecule has 3 aromatic carbocycles. The first-order valence-electron chi connectivity index (χ1n) is 9.86. The molecule has 1 N–H and O–H groups in total. The zero-order chi connectivity index (χ0) is 20.4. The minimum atomic E-state index is -0.0956. The van der Waals surface area contributed by atoms with Gasteiger partial charge in [-0.2, -0.15) is 0 Å². The molecule has 0 fully saturated rings. The number of rotatable bonds is 4. The van der Waals surface area contributed by atoms with E-state index in [1.807, 2.05) is 79.4 Å². The minimum Gasteiger partial charge on any atom is -0.348 e. The number of carbonyl (C=O) groups is 2. The fourth-order valence-electron chi connectivity index (χ4n) is 3.67. The highest BCUT2D eigenvalue weighted by Crippen LogP contribution is 2.30. The van der Waals surface area contributed by atoms with Crippen LogP contribution in [0, 0.1) is 13.8 Å². The summed E-state index contributed by atoms with van der Waals surface area (Å²) in [4.78, 5) is 27.2. The van der Waals surface area contributed by atoms with Crippen molar-refractivity contribution >= 4 is 17.5 Å². The first kappa shape index (κ1) is 18.9. The molecule has 4 nitrogen and oxygen atoms in total. The molecule has 1 aliphatic heterocycles. The van der Waals surface area contributed by atoms with Gasteiger partial charge >= 0.3 is 0 Å². The summed E-state index contributed by atoms with van der Waals surface area (Å²) in [5.41, 5.74) is 6.63. The second kappa shape index (κ2) is 7.92. The van der Waals surface area contributed by atoms with E-state index >= 15 is 0 Å². The summed E-state index contributed by atoms with van der Waals surface area (Å²) >= 11 is 0. The van der Waals surface area contributed by atoms with E-state index in [0.29, 0.717) is 24.2 Å². The molecule has 4 rings (SSSR count). The van der Waals surface area contributed by atoms with E-state index in [1.54, 1.807) is 0 Å². The number of amides is 2. The Kier molecular flexibility index (Phi) is 5.17. The monoisotopic (exact) mass is 384 g/mol. The van der Waals surface area contributed by atoms with Crippen molar-refractivity contribution in [2.45, 2.75) is 26.8 Å². The average molecular weight is 384 g/mol. The van der Waals surface area contributed by atoms with Gasteiger partial charge in [-0.3, -0.25) is 9.59 Å². The first-order valence-corrected chi connectivity index (χ1v) is 9.86. The third-order valence-corrected chi connectivity index (χ3v) is 5.32. The molecule has 0 bridgehead atoms. The third-order valence-electron chi connectivity index (χ3n) is 5.32. The van der Waals surface area contributed by atoms with Crippen molar-refractivity contribution in [2.24, 2.45) is 0 Å². The molecule has 0 saturated carbocycles. The van der Waals surface area contributed by atoms with Crippen LogP contribution in [0.4, 0.5) is 5.69 Å². The second-order valence-electron chi connectivity index (χ2n) is 7.59. The molecule has 3 aromatic rings. The summed E-state index contributed by atoms with van der Waals surface area (Å²) in [5, 5.41) is 2.97. The van der Waals surface area contributed by atoms with Gasteiger partial charge in [0.2, 0.25) is 0 Å². The van der Waals surface area contributed by atoms with Gasteiger partial charge in [0, 0.05) is 29.9 Å². The standard InChI is InChI=1S/C25H24N2O2/c1-17-6-9-21(10-7-17)25(29)27-13-12-20-11-8-19(15-23(20)27)16-26-24(28)22-5-3-4-18(2)14-22/h3-11,14-15H,12-13,16H2,1-2H3,(H,26,28). The van der Waals surface area contributed by atoms with E-state index in [-0.39, 0.29) is 11.8 Å². The van der Waals surface area contributed by atoms with Crippen LogP contribution >= 0.6 is 0 Å². The molecule has 0 aliphatic carbocycles. The number of anilines is 1. The largest absolute Gasteiger partial charge is 0.348 e. The Morgan fingerprint density at radius 3 is 2.45 bits per heavy atom. The van der Waals surface area contributed by atoms with E-state index in [9.17, 15) is 9.59 Å². The maximum absolute atomic E-state index is 13.0. The predicted octanol–water partition coefficient (Wildman–Crippen LogP) is 4.44. The summed E-state index contributed by atoms with van der Waals surface area (Å²) < 4.78 is 0. The average Bonchev–Trinajstić information content (AvgIpc) is 3.15. The van der Waals surface area contributed by atoms with Crippen LogP contribution in [0.1, 0.15) is 43.0 Å². The summed E-state index contributed by atoms with van der Waals surface area (Å²) in [6.45, 7) is 5.08. The molecular weight excluding hydrogens is 360 g/mol. The highest BCUT2D eigenvalue weighted by molar-refractivity contribution is 6.07. The molecule has 4 heteroatoms. The molecule has 2 amide bonds. The summed E-state index contributed by atoms with van der Waals surface area (Å²) in [7, 11) is 0. The van der Waals surface area contributed by atoms with Gasteiger partial charge in [-0.1, -0.05) is 47.5 Å². The van der Waals surface area contributed by atoms with E-state index in [1.165, 1.54) is 5.56 Å². The van der Waals surface area contributed by atoms with Crippen LogP contribution in [-0.2, 0) is 13.0 Å². The van der Waals surface area contributed by atoms with Gasteiger partial charge in [-0.15, -0.1) is 0 Å². The van der Waals surface area contributed by atoms with Crippen LogP contribution in [0.25, 0.3) is 0 Å². The van der Waals surface area contributed by atoms with Gasteiger partial charge in [0.15, 0.2) is 0 Å². The number of fused-ring (bicyclic) bond motifs is 1. The Hall–Kier alpha value is -3.40. The molecule has 146 valence electrons. The Labute approximate surface area is 171 Å². The van der Waals surface area contributed by atoms with Crippen molar-refractivity contribution in [3.05, 3.63) is 100 Å². The van der Waals surface area contributed by atoms with E-state index in [4.69, 9.17) is 0 Å². The molecular formula is C25H24N2O2. The number of nitrogens with zero attached hydrogens (tertiary/aromatic N) is 1. The summed E-state index contributed by atoms with van der Waals surface area (Å²) in [6.07, 6.45) is 0.850. The first-order chi connectivity index (χ1) is 14.0. The van der Waals surface area contributed by atoms with Crippen molar-refractivity contribution in [3.8, 4) is 0 Å². The zero-order valence-electron chi connectivity index (χ0n) is 16.7. The molecule has 0 saturated heterocycles. The molecule has 1 heterocycles. The van der Waals surface area contributed by atoms with Gasteiger partial charge in [0.05, 0.1) is 0 Å². The molecule has 0 spiro atoms. The lowest BCUT2D eigenvalue weighted by Crippen LogP contribution is -2.29. The topological polar surface area (TPSA) is 49.4 Å². The summed E-state index contributed by atoms with van der Waals surface area (Å²) in [5.74, 6) is -0.0773. The molecule has 1 aliphatic rings. The highest BCUT2D eigenvalue weighted by Gasteiger charge is 2.25. The van der Waals surface area contributed by atoms with Gasteiger partial charge in [0.25, 0.3) is 11.8 Å². The molecule has 0 unspecified atom stereocenters. The van der Waals surface area contributed by atoms with Crippen molar-refractivity contribution in [1.82, 2.24) is 5.32 Å². The van der Waals surface area contributed by atoms with Crippen molar-refractivity contribution in [3.63, 3.8) is 0 Å². The van der Waals surface area contributed by atoms with Crippen molar-refractivity contribution in [2.75, 3.05) is 11.4 Å². The number of hydrogen-bond donors (Lipinski definition) is 1. The Balaban J connectivity index is 1.49. The smallest absolute Gasteiger partial charge is 0.258 e. The molecule has 29 heavy (non-hydrogen) atoms. The van der Waals surface area contributed by atoms with Gasteiger partial charge < -0.3 is 10.2 Å². The molecule has 0 atom stereocenters. The van der Waals surface area contributed by atoms with Crippen molar-refractivity contribution < 1.29 is 9.59 Å². The van der Waals surface area contributed by atoms with Gasteiger partial charge in [-0.25, -0.2) is 0 Å². The van der Waals surface area contributed by atoms with Crippen molar-refractivity contribution in [1.29, 1.82) is 0 Å². The number of hydrogen-bond acceptors (Lipinski definition) is 2. The predicted molar refractivity (Wildman–Crippen MR) is 115 cm³/mol. The Morgan fingerprint density at radius 1 is 0.897 bits per heavy atom. The SMILES string of the molecule is Cc1ccc(C(=O)N2CCc3ccc(CNC(=O)c4cccc(C)c4)cc32)cc1. The van der Waals surface area contributed by atoms with Crippen LogP contribution in [0.5, 0.6) is 0 Å². The van der Waals surface area contributed by atoms with E-state index in [2.05, 4.69) is 11.4 Å². The number of aryl methyl sites for hydroxylation is 2. The molecule has 0 radical (unpaired) electrons. The van der Waals surface area contributed by atoms with Crippen LogP contribution in [0.2, 0.25) is 0 Å². The Bertz CT molecular complexity index is 1070. The lowest BCUT2D eigenvalue weighted by Gasteiger charge is -2.18. The lowest BCUT2D eigenvalue weighted by atomic mass is 10.1. The number of nitrogens with one attached hydrogen (secondary N) is 1. The Morgan fingerprint density at radius 2 is 1.69 bits per heavy atom. The highest BCUT2D eigenvalue weighted by atomic mass is 16.2. The maximum Gasteiger partial charge on any atom is 0.258 e. The van der Waals surface area contributed by atoms with Gasteiger partial charge in [-0.05, 0) is 61.7 Å². The zero-order valence-corrected chi connectivity index (χ0v) is 16.7. The van der Waals surface area contributed by atoms with E-state index in [0.717, 1.165) is 28.8 Å². The van der Waals surface area contributed by atoms with E-state index < -0.39 is 0 Å². The van der Waals surface area contributed by atoms with Crippen LogP contribution in [0.3, 0.4) is 0 Å². The van der Waals surface area contributed by atoms with Crippen LogP contribution in [-0.4, -0.2) is 18.4 Å². The maximum atomic E-state index is 13.0. The van der Waals surface area contributed by atoms with Gasteiger partial charge in [0.1, 0.15) is 0 Å². The van der Waals surface area contributed by atoms with Crippen LogP contribution < -0.4 is 10.2 Å². The quantitative estimate of drug-likeness (QED) is 0.723. The number of carbonyl (C=O) groups excluding carboxylic acids is 2. The fraction of sp³-hybridized carbons (Fsp3) is 0.200. The fourth-order valence-corrected chi connectivity index (χ4v) is 3.67. The number of benzene rings is 3.